The number of imide groups is 1. The van der Waals surface area contributed by atoms with Crippen molar-refractivity contribution in [1.29, 1.82) is 5.26 Å². The number of fused-ring (bicyclic) bond motifs is 1. The third-order valence-electron chi connectivity index (χ3n) is 6.66. The molecule has 3 aromatic rings. The van der Waals surface area contributed by atoms with Gasteiger partial charge < -0.3 is 10.1 Å². The van der Waals surface area contributed by atoms with E-state index in [-0.39, 0.29) is 30.5 Å². The van der Waals surface area contributed by atoms with E-state index in [9.17, 15) is 19.6 Å². The van der Waals surface area contributed by atoms with E-state index in [1.807, 2.05) is 30.3 Å². The Kier molecular flexibility index (Phi) is 8.06. The number of nitriles is 1. The fourth-order valence-corrected chi connectivity index (χ4v) is 6.08. The number of ether oxygens (including phenoxy) is 1. The normalized spacial score (nSPS) is 16.5. The maximum absolute atomic E-state index is 13.4. The Balaban J connectivity index is 1.53. The van der Waals surface area contributed by atoms with Crippen molar-refractivity contribution in [2.24, 2.45) is 0 Å². The summed E-state index contributed by atoms with van der Waals surface area (Å²) in [5, 5.41) is 14.6. The second-order valence-electron chi connectivity index (χ2n) is 8.97. The molecule has 3 aromatic carbocycles. The Hall–Kier alpha value is -4.32. The molecule has 0 aromatic heterocycles. The summed E-state index contributed by atoms with van der Waals surface area (Å²) in [6.45, 7) is 2.03. The number of nitrogens with one attached hydrogen (secondary N) is 1. The molecule has 200 valence electrons. The van der Waals surface area contributed by atoms with Crippen LogP contribution in [0, 0.1) is 11.3 Å². The number of carbonyl (C=O) groups is 3. The number of halogens is 1. The van der Waals surface area contributed by atoms with Crippen LogP contribution in [-0.4, -0.2) is 41.6 Å². The van der Waals surface area contributed by atoms with Gasteiger partial charge in [-0.3, -0.25) is 14.5 Å². The Morgan fingerprint density at radius 3 is 2.25 bits per heavy atom. The molecule has 5 rings (SSSR count). The van der Waals surface area contributed by atoms with Crippen molar-refractivity contribution in [3.63, 3.8) is 0 Å². The lowest BCUT2D eigenvalue weighted by Crippen LogP contribution is -2.33. The maximum atomic E-state index is 13.4. The number of benzene rings is 3. The summed E-state index contributed by atoms with van der Waals surface area (Å²) in [5.41, 5.74) is 3.18. The highest BCUT2D eigenvalue weighted by molar-refractivity contribution is 8.03. The Morgan fingerprint density at radius 1 is 1.00 bits per heavy atom. The average molecular weight is 570 g/mol. The van der Waals surface area contributed by atoms with Crippen LogP contribution in [0.2, 0.25) is 5.02 Å². The average Bonchev–Trinajstić information content (AvgIpc) is 3.22. The highest BCUT2D eigenvalue weighted by atomic mass is 35.5. The molecule has 0 radical (unpaired) electrons. The molecular weight excluding hydrogens is 546 g/mol. The zero-order valence-corrected chi connectivity index (χ0v) is 23.1. The van der Waals surface area contributed by atoms with Crippen molar-refractivity contribution in [1.82, 2.24) is 10.2 Å². The van der Waals surface area contributed by atoms with E-state index < -0.39 is 11.9 Å². The van der Waals surface area contributed by atoms with Crippen molar-refractivity contribution in [3.8, 4) is 6.07 Å². The zero-order valence-electron chi connectivity index (χ0n) is 21.5. The van der Waals surface area contributed by atoms with Gasteiger partial charge in [0.2, 0.25) is 0 Å². The van der Waals surface area contributed by atoms with Gasteiger partial charge in [-0.1, -0.05) is 72.3 Å². The summed E-state index contributed by atoms with van der Waals surface area (Å²) in [6, 6.07) is 25.4. The molecule has 1 N–H and O–H groups in total. The molecule has 0 unspecified atom stereocenters. The Labute approximate surface area is 241 Å². The smallest absolute Gasteiger partial charge is 0.337 e. The number of nitrogens with zero attached hydrogens (tertiary/aromatic N) is 2. The van der Waals surface area contributed by atoms with E-state index in [4.69, 9.17) is 16.3 Å². The number of dihydropyridines is 1. The summed E-state index contributed by atoms with van der Waals surface area (Å²) in [6.07, 6.45) is 0. The first kappa shape index (κ1) is 27.3. The van der Waals surface area contributed by atoms with Crippen LogP contribution in [0.3, 0.4) is 0 Å². The Morgan fingerprint density at radius 2 is 1.62 bits per heavy atom. The molecule has 7 nitrogen and oxygen atoms in total. The minimum absolute atomic E-state index is 0.146. The monoisotopic (exact) mass is 569 g/mol. The van der Waals surface area contributed by atoms with Gasteiger partial charge in [-0.15, -0.1) is 11.8 Å². The van der Waals surface area contributed by atoms with Crippen LogP contribution in [0.5, 0.6) is 0 Å². The number of thioether (sulfide) groups is 1. The van der Waals surface area contributed by atoms with Crippen LogP contribution in [0.1, 0.15) is 44.7 Å². The van der Waals surface area contributed by atoms with Crippen LogP contribution in [0.4, 0.5) is 0 Å². The summed E-state index contributed by atoms with van der Waals surface area (Å²) in [4.78, 5) is 40.3. The van der Waals surface area contributed by atoms with Crippen molar-refractivity contribution in [2.75, 3.05) is 18.9 Å². The zero-order chi connectivity index (χ0) is 28.2. The summed E-state index contributed by atoms with van der Waals surface area (Å²) in [7, 11) is 0. The molecular formula is C31H24ClN3O4S. The van der Waals surface area contributed by atoms with Crippen LogP contribution >= 0.6 is 23.4 Å². The van der Waals surface area contributed by atoms with Crippen LogP contribution in [0.15, 0.2) is 95.0 Å². The third kappa shape index (κ3) is 5.02. The number of esters is 1. The molecule has 2 aliphatic rings. The second kappa shape index (κ2) is 11.8. The first-order valence-corrected chi connectivity index (χ1v) is 14.0. The number of allylic oxidation sites excluding steroid dienone is 1. The van der Waals surface area contributed by atoms with Crippen molar-refractivity contribution in [3.05, 3.63) is 122 Å². The van der Waals surface area contributed by atoms with Gasteiger partial charge in [-0.2, -0.15) is 5.26 Å². The minimum atomic E-state index is -0.795. The van der Waals surface area contributed by atoms with Crippen molar-refractivity contribution >= 4 is 46.8 Å². The summed E-state index contributed by atoms with van der Waals surface area (Å²) in [5.74, 6) is -1.70. The van der Waals surface area contributed by atoms with E-state index in [2.05, 4.69) is 11.4 Å². The number of hydrogen-bond donors (Lipinski definition) is 1. The predicted octanol–water partition coefficient (Wildman–Crippen LogP) is 5.77. The molecule has 0 aliphatic carbocycles. The fourth-order valence-electron chi connectivity index (χ4n) is 4.86. The second-order valence-corrected chi connectivity index (χ2v) is 10.5. The molecule has 1 atom stereocenters. The number of amides is 2. The van der Waals surface area contributed by atoms with Gasteiger partial charge >= 0.3 is 5.97 Å². The van der Waals surface area contributed by atoms with E-state index in [1.165, 1.54) is 16.7 Å². The molecule has 0 spiro atoms. The van der Waals surface area contributed by atoms with E-state index in [0.29, 0.717) is 43.8 Å². The lowest BCUT2D eigenvalue weighted by Gasteiger charge is -2.31. The van der Waals surface area contributed by atoms with Gasteiger partial charge in [0, 0.05) is 17.3 Å². The quantitative estimate of drug-likeness (QED) is 0.272. The standard InChI is InChI=1S/C31H24ClN3O4S/c1-2-39-31(38)26-25(22-14-8-9-15-24(22)32)23(18-33)28(34-27(26)19-10-4-3-5-11-19)40-17-16-35-29(36)20-12-6-7-13-21(20)30(35)37/h3-15,25,34H,2,16-17H2,1H3/t25-/m0/s1. The molecule has 40 heavy (non-hydrogen) atoms. The predicted molar refractivity (Wildman–Crippen MR) is 154 cm³/mol. The molecule has 0 bridgehead atoms. The molecule has 0 saturated heterocycles. The van der Waals surface area contributed by atoms with Gasteiger partial charge in [-0.25, -0.2) is 4.79 Å². The van der Waals surface area contributed by atoms with Crippen molar-refractivity contribution in [2.45, 2.75) is 12.8 Å². The van der Waals surface area contributed by atoms with Gasteiger partial charge in [0.05, 0.1) is 51.6 Å². The topological polar surface area (TPSA) is 99.5 Å². The van der Waals surface area contributed by atoms with Crippen LogP contribution < -0.4 is 5.32 Å². The number of carbonyl (C=O) groups excluding carboxylic acids is 3. The van der Waals surface area contributed by atoms with Crippen molar-refractivity contribution < 1.29 is 19.1 Å². The molecule has 0 saturated carbocycles. The number of rotatable bonds is 8. The van der Waals surface area contributed by atoms with Gasteiger partial charge in [0.25, 0.3) is 11.8 Å². The van der Waals surface area contributed by atoms with E-state index in [0.717, 1.165) is 5.56 Å². The molecule has 2 heterocycles. The first-order valence-electron chi connectivity index (χ1n) is 12.7. The third-order valence-corrected chi connectivity index (χ3v) is 8.01. The van der Waals surface area contributed by atoms with Gasteiger partial charge in [-0.05, 0) is 36.2 Å². The van der Waals surface area contributed by atoms with E-state index in [1.54, 1.807) is 55.5 Å². The Bertz CT molecular complexity index is 1580. The lowest BCUT2D eigenvalue weighted by molar-refractivity contribution is -0.138. The van der Waals surface area contributed by atoms with Gasteiger partial charge in [0.15, 0.2) is 0 Å². The molecule has 9 heteroatoms. The van der Waals surface area contributed by atoms with E-state index >= 15 is 0 Å². The highest BCUT2D eigenvalue weighted by Gasteiger charge is 2.39. The SMILES string of the molecule is CCOC(=O)C1=C(c2ccccc2)NC(SCCN2C(=O)c3ccccc3C2=O)=C(C#N)[C@@H]1c1ccccc1Cl. The minimum Gasteiger partial charge on any atom is -0.463 e. The first-order chi connectivity index (χ1) is 19.5. The maximum Gasteiger partial charge on any atom is 0.337 e. The molecule has 0 fully saturated rings. The summed E-state index contributed by atoms with van der Waals surface area (Å²) >= 11 is 7.92. The van der Waals surface area contributed by atoms with Gasteiger partial charge in [0.1, 0.15) is 0 Å². The molecule has 2 amide bonds. The lowest BCUT2D eigenvalue weighted by atomic mass is 9.81. The van der Waals surface area contributed by atoms with Crippen LogP contribution in [-0.2, 0) is 9.53 Å². The number of hydrogen-bond acceptors (Lipinski definition) is 7. The highest BCUT2D eigenvalue weighted by Crippen LogP contribution is 2.45. The van der Waals surface area contributed by atoms with Crippen LogP contribution in [0.25, 0.3) is 5.70 Å². The molecule has 2 aliphatic heterocycles. The fraction of sp³-hybridized carbons (Fsp3) is 0.161. The largest absolute Gasteiger partial charge is 0.463 e. The summed E-state index contributed by atoms with van der Waals surface area (Å²) < 4.78 is 5.46.